The second-order valence-corrected chi connectivity index (χ2v) is 6.90. The quantitative estimate of drug-likeness (QED) is 0.797. The number of aliphatic imine (C=N–C) groups is 1. The standard InChI is InChI=1S/C14H10ClNO2S/c15-19(17,18)12-6-7-13-11(8-12)9-14(16-13)10-4-2-1-3-5-10/h1-8H,9H2. The van der Waals surface area contributed by atoms with Crippen LogP contribution in [-0.4, -0.2) is 14.1 Å². The lowest BCUT2D eigenvalue weighted by atomic mass is 10.0. The van der Waals surface area contributed by atoms with Gasteiger partial charge in [-0.05, 0) is 29.3 Å². The van der Waals surface area contributed by atoms with Crippen LogP contribution >= 0.6 is 10.7 Å². The van der Waals surface area contributed by atoms with Crippen molar-refractivity contribution >= 4 is 31.1 Å². The highest BCUT2D eigenvalue weighted by atomic mass is 35.7. The minimum Gasteiger partial charge on any atom is -0.252 e. The van der Waals surface area contributed by atoms with Crippen LogP contribution in [0.1, 0.15) is 11.1 Å². The Morgan fingerprint density at radius 1 is 1.05 bits per heavy atom. The largest absolute Gasteiger partial charge is 0.261 e. The molecule has 3 rings (SSSR count). The van der Waals surface area contributed by atoms with Gasteiger partial charge < -0.3 is 0 Å². The lowest BCUT2D eigenvalue weighted by Crippen LogP contribution is -2.00. The van der Waals surface area contributed by atoms with Crippen LogP contribution in [0, 0.1) is 0 Å². The van der Waals surface area contributed by atoms with Crippen molar-refractivity contribution < 1.29 is 8.42 Å². The van der Waals surface area contributed by atoms with Crippen LogP contribution in [0.5, 0.6) is 0 Å². The molecule has 1 aliphatic rings. The molecule has 2 aromatic rings. The Labute approximate surface area is 116 Å². The molecule has 96 valence electrons. The van der Waals surface area contributed by atoms with Crippen LogP contribution in [0.4, 0.5) is 5.69 Å². The van der Waals surface area contributed by atoms with Gasteiger partial charge in [0.2, 0.25) is 0 Å². The number of rotatable bonds is 2. The summed E-state index contributed by atoms with van der Waals surface area (Å²) in [4.78, 5) is 4.65. The van der Waals surface area contributed by atoms with Gasteiger partial charge in [-0.25, -0.2) is 8.42 Å². The molecular weight excluding hydrogens is 282 g/mol. The average molecular weight is 292 g/mol. The van der Waals surface area contributed by atoms with Crippen molar-refractivity contribution in [3.05, 3.63) is 59.7 Å². The molecule has 2 aromatic carbocycles. The molecule has 3 nitrogen and oxygen atoms in total. The minimum absolute atomic E-state index is 0.123. The molecule has 0 aromatic heterocycles. The Morgan fingerprint density at radius 2 is 1.79 bits per heavy atom. The van der Waals surface area contributed by atoms with Crippen molar-refractivity contribution in [3.8, 4) is 0 Å². The van der Waals surface area contributed by atoms with Gasteiger partial charge in [0.15, 0.2) is 0 Å². The van der Waals surface area contributed by atoms with Crippen LogP contribution < -0.4 is 0 Å². The van der Waals surface area contributed by atoms with Gasteiger partial charge in [0.05, 0.1) is 16.3 Å². The van der Waals surface area contributed by atoms with Crippen molar-refractivity contribution in [2.24, 2.45) is 4.99 Å². The van der Waals surface area contributed by atoms with E-state index in [2.05, 4.69) is 4.99 Å². The number of nitrogens with zero attached hydrogens (tertiary/aromatic N) is 1. The van der Waals surface area contributed by atoms with Gasteiger partial charge in [-0.2, -0.15) is 0 Å². The van der Waals surface area contributed by atoms with Gasteiger partial charge in [-0.1, -0.05) is 30.3 Å². The van der Waals surface area contributed by atoms with Crippen LogP contribution in [0.15, 0.2) is 58.4 Å². The van der Waals surface area contributed by atoms with E-state index in [1.54, 1.807) is 12.1 Å². The van der Waals surface area contributed by atoms with Gasteiger partial charge in [0.25, 0.3) is 9.05 Å². The van der Waals surface area contributed by atoms with Crippen molar-refractivity contribution in [1.29, 1.82) is 0 Å². The van der Waals surface area contributed by atoms with Crippen LogP contribution in [-0.2, 0) is 15.5 Å². The van der Waals surface area contributed by atoms with Crippen LogP contribution in [0.3, 0.4) is 0 Å². The highest BCUT2D eigenvalue weighted by molar-refractivity contribution is 8.13. The van der Waals surface area contributed by atoms with E-state index in [0.29, 0.717) is 6.42 Å². The first-order valence-corrected chi connectivity index (χ1v) is 8.05. The fourth-order valence-electron chi connectivity index (χ4n) is 2.13. The zero-order valence-corrected chi connectivity index (χ0v) is 11.4. The number of fused-ring (bicyclic) bond motifs is 1. The van der Waals surface area contributed by atoms with Crippen molar-refractivity contribution in [3.63, 3.8) is 0 Å². The monoisotopic (exact) mass is 291 g/mol. The maximum atomic E-state index is 11.3. The van der Waals surface area contributed by atoms with Gasteiger partial charge in [-0.3, -0.25) is 4.99 Å². The van der Waals surface area contributed by atoms with E-state index in [0.717, 1.165) is 22.5 Å². The Morgan fingerprint density at radius 3 is 2.47 bits per heavy atom. The van der Waals surface area contributed by atoms with Crippen molar-refractivity contribution in [1.82, 2.24) is 0 Å². The number of hydrogen-bond donors (Lipinski definition) is 0. The van der Waals surface area contributed by atoms with Crippen LogP contribution in [0.2, 0.25) is 0 Å². The molecule has 0 fully saturated rings. The third-order valence-corrected chi connectivity index (χ3v) is 4.40. The van der Waals surface area contributed by atoms with Gasteiger partial charge in [0.1, 0.15) is 0 Å². The normalized spacial score (nSPS) is 14.1. The first-order valence-electron chi connectivity index (χ1n) is 5.74. The zero-order chi connectivity index (χ0) is 13.5. The maximum Gasteiger partial charge on any atom is 0.261 e. The minimum atomic E-state index is -3.69. The number of benzene rings is 2. The second-order valence-electron chi connectivity index (χ2n) is 4.33. The lowest BCUT2D eigenvalue weighted by Gasteiger charge is -2.00. The topological polar surface area (TPSA) is 46.5 Å². The lowest BCUT2D eigenvalue weighted by molar-refractivity contribution is 0.609. The highest BCUT2D eigenvalue weighted by Gasteiger charge is 2.19. The molecule has 0 N–H and O–H groups in total. The molecule has 0 amide bonds. The van der Waals surface area contributed by atoms with Crippen molar-refractivity contribution in [2.45, 2.75) is 11.3 Å². The molecule has 1 heterocycles. The molecule has 5 heteroatoms. The summed E-state index contributed by atoms with van der Waals surface area (Å²) < 4.78 is 22.6. The Hall–Kier alpha value is -1.65. The van der Waals surface area contributed by atoms with E-state index >= 15 is 0 Å². The predicted molar refractivity (Wildman–Crippen MR) is 75.8 cm³/mol. The Balaban J connectivity index is 1.99. The Bertz CT molecular complexity index is 767. The molecule has 0 saturated carbocycles. The number of halogens is 1. The average Bonchev–Trinajstić information content (AvgIpc) is 2.81. The van der Waals surface area contributed by atoms with E-state index in [1.807, 2.05) is 30.3 Å². The third-order valence-electron chi connectivity index (χ3n) is 3.05. The molecular formula is C14H10ClNO2S. The molecule has 0 bridgehead atoms. The summed E-state index contributed by atoms with van der Waals surface area (Å²) in [6.45, 7) is 0. The fraction of sp³-hybridized carbons (Fsp3) is 0.0714. The molecule has 0 atom stereocenters. The summed E-state index contributed by atoms with van der Waals surface area (Å²) in [7, 11) is 1.66. The van der Waals surface area contributed by atoms with Crippen LogP contribution in [0.25, 0.3) is 0 Å². The van der Waals surface area contributed by atoms with E-state index < -0.39 is 9.05 Å². The van der Waals surface area contributed by atoms with E-state index in [1.165, 1.54) is 6.07 Å². The summed E-state index contributed by atoms with van der Waals surface area (Å²) in [5.41, 5.74) is 3.69. The SMILES string of the molecule is O=S(=O)(Cl)c1ccc2c(c1)CC(c1ccccc1)=N2. The first-order chi connectivity index (χ1) is 9.04. The molecule has 0 spiro atoms. The van der Waals surface area contributed by atoms with E-state index in [4.69, 9.17) is 10.7 Å². The molecule has 0 saturated heterocycles. The molecule has 0 aliphatic carbocycles. The molecule has 19 heavy (non-hydrogen) atoms. The first kappa shape index (κ1) is 12.4. The van der Waals surface area contributed by atoms with Crippen molar-refractivity contribution in [2.75, 3.05) is 0 Å². The van der Waals surface area contributed by atoms with Gasteiger partial charge in [-0.15, -0.1) is 0 Å². The Kier molecular flexibility index (Phi) is 2.92. The van der Waals surface area contributed by atoms with Gasteiger partial charge in [0, 0.05) is 17.1 Å². The summed E-state index contributed by atoms with van der Waals surface area (Å²) in [5.74, 6) is 0. The summed E-state index contributed by atoms with van der Waals surface area (Å²) >= 11 is 0. The van der Waals surface area contributed by atoms with E-state index in [9.17, 15) is 8.42 Å². The van der Waals surface area contributed by atoms with Gasteiger partial charge >= 0.3 is 0 Å². The smallest absolute Gasteiger partial charge is 0.252 e. The van der Waals surface area contributed by atoms with E-state index in [-0.39, 0.29) is 4.90 Å². The molecule has 0 radical (unpaired) electrons. The fourth-order valence-corrected chi connectivity index (χ4v) is 2.93. The second kappa shape index (κ2) is 4.47. The zero-order valence-electron chi connectivity index (χ0n) is 9.88. The third kappa shape index (κ3) is 2.41. The summed E-state index contributed by atoms with van der Waals surface area (Å²) in [5, 5.41) is 0. The molecule has 1 aliphatic heterocycles. The summed E-state index contributed by atoms with van der Waals surface area (Å²) in [6.07, 6.45) is 0.625. The number of hydrogen-bond acceptors (Lipinski definition) is 3. The maximum absolute atomic E-state index is 11.3. The highest BCUT2D eigenvalue weighted by Crippen LogP contribution is 2.31. The summed E-state index contributed by atoms with van der Waals surface area (Å²) in [6, 6.07) is 14.6. The predicted octanol–water partition coefficient (Wildman–Crippen LogP) is 3.29. The molecule has 0 unspecified atom stereocenters.